The number of esters is 1. The fourth-order valence-electron chi connectivity index (χ4n) is 7.35. The van der Waals surface area contributed by atoms with Crippen LogP contribution in [0.5, 0.6) is 5.75 Å². The van der Waals surface area contributed by atoms with Crippen molar-refractivity contribution in [3.63, 3.8) is 0 Å². The van der Waals surface area contributed by atoms with E-state index in [0.717, 1.165) is 78.3 Å². The molecule has 0 N–H and O–H groups in total. The Morgan fingerprint density at radius 3 is 2.51 bits per heavy atom. The first-order valence-corrected chi connectivity index (χ1v) is 18.9. The molecule has 0 aliphatic carbocycles. The molecule has 0 saturated carbocycles. The highest BCUT2D eigenvalue weighted by Gasteiger charge is 2.28. The van der Waals surface area contributed by atoms with Crippen LogP contribution in [0.3, 0.4) is 0 Å². The second kappa shape index (κ2) is 15.4. The Kier molecular flexibility index (Phi) is 10.9. The van der Waals surface area contributed by atoms with Crippen molar-refractivity contribution >= 4 is 39.4 Å². The van der Waals surface area contributed by atoms with E-state index in [1.807, 2.05) is 37.3 Å². The lowest BCUT2D eigenvalue weighted by Gasteiger charge is -2.17. The number of benzene rings is 3. The van der Waals surface area contributed by atoms with Crippen molar-refractivity contribution in [1.82, 2.24) is 29.0 Å². The molecule has 0 radical (unpaired) electrons. The molecule has 9 nitrogen and oxygen atoms in total. The molecule has 0 fully saturated rings. The molecule has 0 amide bonds. The van der Waals surface area contributed by atoms with Crippen molar-refractivity contribution < 1.29 is 14.3 Å². The second-order valence-electron chi connectivity index (χ2n) is 13.1. The summed E-state index contributed by atoms with van der Waals surface area (Å²) >= 11 is 1.79. The van der Waals surface area contributed by atoms with Crippen LogP contribution in [0.25, 0.3) is 32.8 Å². The van der Waals surface area contributed by atoms with Crippen LogP contribution >= 0.6 is 11.8 Å². The third-order valence-electron chi connectivity index (χ3n) is 9.82. The third kappa shape index (κ3) is 6.91. The molecule has 0 spiro atoms. The summed E-state index contributed by atoms with van der Waals surface area (Å²) in [6.07, 6.45) is 1.56. The topological polar surface area (TPSA) is 79.3 Å². The number of methoxy groups -OCH3 is 1. The fraction of sp³-hybridized carbons (Fsp3) is 0.390. The Morgan fingerprint density at radius 2 is 1.75 bits per heavy atom. The normalized spacial score (nSPS) is 14.1. The van der Waals surface area contributed by atoms with Gasteiger partial charge in [0.05, 0.1) is 25.1 Å². The number of rotatable bonds is 2. The van der Waals surface area contributed by atoms with Crippen LogP contribution < -0.4 is 4.74 Å². The first-order chi connectivity index (χ1) is 24.7. The molecule has 1 aliphatic heterocycles. The number of nitrogens with zero attached hydrogens (tertiary/aromatic N) is 6. The Morgan fingerprint density at radius 1 is 0.961 bits per heavy atom. The van der Waals surface area contributed by atoms with E-state index in [0.29, 0.717) is 38.4 Å². The molecule has 0 unspecified atom stereocenters. The number of carbonyl (C=O) groups is 1. The highest BCUT2D eigenvalue weighted by Crippen LogP contribution is 2.41. The molecule has 268 valence electrons. The van der Waals surface area contributed by atoms with Gasteiger partial charge in [-0.05, 0) is 80.1 Å². The molecule has 3 aromatic heterocycles. The van der Waals surface area contributed by atoms with E-state index in [-0.39, 0.29) is 5.97 Å². The average molecular weight is 707 g/mol. The molecular formula is C41H50N6O3S. The number of hydrogen-bond donors (Lipinski definition) is 0. The zero-order chi connectivity index (χ0) is 36.4. The van der Waals surface area contributed by atoms with Gasteiger partial charge in [-0.2, -0.15) is 10.2 Å². The predicted molar refractivity (Wildman–Crippen MR) is 208 cm³/mol. The van der Waals surface area contributed by atoms with Gasteiger partial charge in [-0.3, -0.25) is 14.3 Å². The first-order valence-electron chi connectivity index (χ1n) is 17.9. The number of hydrogen-bond acceptors (Lipinski definition) is 7. The summed E-state index contributed by atoms with van der Waals surface area (Å²) in [5.74, 6) is 1.33. The number of fused-ring (bicyclic) bond motifs is 8. The summed E-state index contributed by atoms with van der Waals surface area (Å²) in [5.41, 5.74) is 10.3. The van der Waals surface area contributed by atoms with Gasteiger partial charge in [0.2, 0.25) is 0 Å². The van der Waals surface area contributed by atoms with Crippen molar-refractivity contribution in [2.45, 2.75) is 77.7 Å². The molecule has 7 rings (SSSR count). The third-order valence-corrected chi connectivity index (χ3v) is 10.8. The van der Waals surface area contributed by atoms with Crippen LogP contribution in [0.1, 0.15) is 71.6 Å². The summed E-state index contributed by atoms with van der Waals surface area (Å²) in [6, 6.07) is 19.4. The lowest BCUT2D eigenvalue weighted by atomic mass is 9.91. The van der Waals surface area contributed by atoms with Crippen LogP contribution in [-0.2, 0) is 50.6 Å². The molecule has 6 aromatic rings. The van der Waals surface area contributed by atoms with Crippen LogP contribution in [-0.4, -0.2) is 55.8 Å². The van der Waals surface area contributed by atoms with Crippen molar-refractivity contribution in [3.05, 3.63) is 94.2 Å². The first kappa shape index (κ1) is 36.3. The van der Waals surface area contributed by atoms with Crippen molar-refractivity contribution in [2.75, 3.05) is 20.8 Å². The van der Waals surface area contributed by atoms with E-state index < -0.39 is 0 Å². The van der Waals surface area contributed by atoms with Crippen LogP contribution in [0.15, 0.2) is 59.5 Å². The minimum atomic E-state index is -0.332. The monoisotopic (exact) mass is 706 g/mol. The zero-order valence-electron chi connectivity index (χ0n) is 31.5. The van der Waals surface area contributed by atoms with Gasteiger partial charge in [0.15, 0.2) is 0 Å². The molecule has 0 saturated heterocycles. The standard InChI is InChI=1S/C39H44N6O3S.C2H6/c1-8-26-14-15-33-35-24(2)38(39(46)47-7)45(33)16-11-17-48-34-20-30(18-27-12-9-10-13-31(27)34)49-23-29-19-28(40-44(29)6)21-42(4)22-32-36(37(26)35)25(3)43(5)41-32;1-2/h9-10,12-15,18-20H,8,11,16-17,21-23H2,1-7H3;1-2H3. The smallest absolute Gasteiger partial charge is 0.354 e. The van der Waals surface area contributed by atoms with E-state index in [9.17, 15) is 4.79 Å². The van der Waals surface area contributed by atoms with Gasteiger partial charge in [0.25, 0.3) is 0 Å². The largest absolute Gasteiger partial charge is 0.493 e. The van der Waals surface area contributed by atoms with E-state index in [1.165, 1.54) is 18.4 Å². The SMILES string of the molecule is CC.CCc1ccc2c3c(C)c(C(=O)OC)n2CCCOc2cc(cc4ccccc24)SCc2cc(nn2C)CN(C)Cc2nn(C)c(C)c2-c13. The van der Waals surface area contributed by atoms with Gasteiger partial charge in [-0.25, -0.2) is 4.79 Å². The van der Waals surface area contributed by atoms with Crippen molar-refractivity contribution in [3.8, 4) is 16.9 Å². The maximum absolute atomic E-state index is 13.5. The van der Waals surface area contributed by atoms with Gasteiger partial charge in [0, 0.05) is 77.6 Å². The van der Waals surface area contributed by atoms with Gasteiger partial charge < -0.3 is 14.0 Å². The summed E-state index contributed by atoms with van der Waals surface area (Å²) < 4.78 is 18.0. The summed E-state index contributed by atoms with van der Waals surface area (Å²) in [4.78, 5) is 16.9. The maximum Gasteiger partial charge on any atom is 0.354 e. The van der Waals surface area contributed by atoms with E-state index >= 15 is 0 Å². The Balaban J connectivity index is 0.00000220. The molecule has 10 heteroatoms. The Bertz CT molecular complexity index is 2210. The number of ether oxygens (including phenoxy) is 2. The van der Waals surface area contributed by atoms with Gasteiger partial charge in [-0.1, -0.05) is 51.1 Å². The highest BCUT2D eigenvalue weighted by atomic mass is 32.2. The van der Waals surface area contributed by atoms with E-state index in [4.69, 9.17) is 19.7 Å². The molecule has 8 bridgehead atoms. The number of aromatic nitrogens is 5. The lowest BCUT2D eigenvalue weighted by Crippen LogP contribution is -2.18. The number of aryl methyl sites for hydroxylation is 5. The highest BCUT2D eigenvalue weighted by molar-refractivity contribution is 7.98. The quantitative estimate of drug-likeness (QED) is 0.167. The Hall–Kier alpha value is -4.54. The zero-order valence-corrected chi connectivity index (χ0v) is 32.3. The molecule has 51 heavy (non-hydrogen) atoms. The summed E-state index contributed by atoms with van der Waals surface area (Å²) in [6.45, 7) is 12.8. The second-order valence-corrected chi connectivity index (χ2v) is 14.1. The van der Waals surface area contributed by atoms with Gasteiger partial charge >= 0.3 is 5.97 Å². The molecule has 4 heterocycles. The summed E-state index contributed by atoms with van der Waals surface area (Å²) in [5, 5.41) is 13.3. The molecule has 3 aromatic carbocycles. The maximum atomic E-state index is 13.5. The molecule has 1 aliphatic rings. The van der Waals surface area contributed by atoms with Gasteiger partial charge in [-0.15, -0.1) is 11.8 Å². The number of thioether (sulfide) groups is 1. The van der Waals surface area contributed by atoms with Crippen LogP contribution in [0.4, 0.5) is 0 Å². The van der Waals surface area contributed by atoms with E-state index in [1.54, 1.807) is 11.8 Å². The van der Waals surface area contributed by atoms with Crippen molar-refractivity contribution in [2.24, 2.45) is 14.1 Å². The van der Waals surface area contributed by atoms with Crippen molar-refractivity contribution in [1.29, 1.82) is 0 Å². The van der Waals surface area contributed by atoms with E-state index in [2.05, 4.69) is 91.9 Å². The predicted octanol–water partition coefficient (Wildman–Crippen LogP) is 8.63. The fourth-order valence-corrected chi connectivity index (χ4v) is 8.34. The van der Waals surface area contributed by atoms with Crippen LogP contribution in [0, 0.1) is 13.8 Å². The average Bonchev–Trinajstić information content (AvgIpc) is 3.73. The van der Waals surface area contributed by atoms with Gasteiger partial charge in [0.1, 0.15) is 11.4 Å². The molecular weight excluding hydrogens is 657 g/mol. The Labute approximate surface area is 305 Å². The molecule has 0 atom stereocenters. The minimum absolute atomic E-state index is 0.332. The number of carbonyl (C=O) groups excluding carboxylic acids is 1. The minimum Gasteiger partial charge on any atom is -0.493 e. The van der Waals surface area contributed by atoms with Crippen LogP contribution in [0.2, 0.25) is 0 Å². The lowest BCUT2D eigenvalue weighted by molar-refractivity contribution is 0.0587. The summed E-state index contributed by atoms with van der Waals surface area (Å²) in [7, 11) is 7.62.